The zero-order chi connectivity index (χ0) is 16.3. The van der Waals surface area contributed by atoms with Crippen LogP contribution in [0.2, 0.25) is 0 Å². The smallest absolute Gasteiger partial charge is 0.317 e. The van der Waals surface area contributed by atoms with Crippen LogP contribution in [0.4, 0.5) is 8.78 Å². The minimum absolute atomic E-state index is 0.0160. The molecule has 22 heavy (non-hydrogen) atoms. The van der Waals surface area contributed by atoms with Gasteiger partial charge < -0.3 is 5.11 Å². The fourth-order valence-electron chi connectivity index (χ4n) is 3.15. The average molecular weight is 312 g/mol. The lowest BCUT2D eigenvalue weighted by molar-refractivity contribution is -0.138. The van der Waals surface area contributed by atoms with Gasteiger partial charge in [-0.25, -0.2) is 8.78 Å². The first-order chi connectivity index (χ1) is 10.4. The lowest BCUT2D eigenvalue weighted by Crippen LogP contribution is -2.45. The maximum Gasteiger partial charge on any atom is 0.317 e. The quantitative estimate of drug-likeness (QED) is 0.907. The SMILES string of the molecule is CC(c1c(F)cccc1F)N1CCC(N(C)CC(=O)O)CC1. The van der Waals surface area contributed by atoms with E-state index < -0.39 is 17.6 Å². The molecule has 6 heteroatoms. The second-order valence-electron chi connectivity index (χ2n) is 5.89. The zero-order valence-electron chi connectivity index (χ0n) is 12.9. The second kappa shape index (κ2) is 7.15. The molecule has 1 atom stereocenters. The number of nitrogens with zero attached hydrogens (tertiary/aromatic N) is 2. The topological polar surface area (TPSA) is 43.8 Å². The molecular formula is C16H22F2N2O2. The molecule has 0 saturated carbocycles. The summed E-state index contributed by atoms with van der Waals surface area (Å²) in [6, 6.07) is 3.80. The summed E-state index contributed by atoms with van der Waals surface area (Å²) in [6.45, 7) is 3.22. The summed E-state index contributed by atoms with van der Waals surface area (Å²) >= 11 is 0. The van der Waals surface area contributed by atoms with E-state index in [9.17, 15) is 13.6 Å². The van der Waals surface area contributed by atoms with Crippen LogP contribution in [0.25, 0.3) is 0 Å². The van der Waals surface area contributed by atoms with Crippen molar-refractivity contribution in [3.05, 3.63) is 35.4 Å². The van der Waals surface area contributed by atoms with Crippen LogP contribution >= 0.6 is 0 Å². The highest BCUT2D eigenvalue weighted by molar-refractivity contribution is 5.69. The van der Waals surface area contributed by atoms with E-state index in [1.165, 1.54) is 18.2 Å². The van der Waals surface area contributed by atoms with E-state index in [1.807, 2.05) is 16.7 Å². The molecule has 1 N–H and O–H groups in total. The van der Waals surface area contributed by atoms with E-state index in [-0.39, 0.29) is 24.2 Å². The van der Waals surface area contributed by atoms with Crippen molar-refractivity contribution in [2.45, 2.75) is 31.8 Å². The summed E-state index contributed by atoms with van der Waals surface area (Å²) in [4.78, 5) is 14.6. The van der Waals surface area contributed by atoms with Crippen molar-refractivity contribution >= 4 is 5.97 Å². The van der Waals surface area contributed by atoms with Gasteiger partial charge in [-0.15, -0.1) is 0 Å². The molecule has 0 spiro atoms. The number of piperidine rings is 1. The van der Waals surface area contributed by atoms with Gasteiger partial charge in [0.25, 0.3) is 0 Å². The first-order valence-corrected chi connectivity index (χ1v) is 7.50. The van der Waals surface area contributed by atoms with Crippen LogP contribution < -0.4 is 0 Å². The largest absolute Gasteiger partial charge is 0.480 e. The van der Waals surface area contributed by atoms with Crippen molar-refractivity contribution < 1.29 is 18.7 Å². The number of carbonyl (C=O) groups is 1. The van der Waals surface area contributed by atoms with Crippen molar-refractivity contribution in [2.75, 3.05) is 26.7 Å². The maximum absolute atomic E-state index is 13.9. The molecule has 0 radical (unpaired) electrons. The molecule has 0 bridgehead atoms. The Hall–Kier alpha value is -1.53. The van der Waals surface area contributed by atoms with E-state index in [2.05, 4.69) is 0 Å². The predicted octanol–water partition coefficient (Wildman–Crippen LogP) is 2.51. The van der Waals surface area contributed by atoms with Crippen molar-refractivity contribution in [1.82, 2.24) is 9.80 Å². The molecule has 1 aliphatic heterocycles. The molecule has 1 unspecified atom stereocenters. The summed E-state index contributed by atoms with van der Waals surface area (Å²) in [7, 11) is 1.80. The predicted molar refractivity (Wildman–Crippen MR) is 79.6 cm³/mol. The van der Waals surface area contributed by atoms with Gasteiger partial charge in [0.15, 0.2) is 0 Å². The number of aliphatic carboxylic acids is 1. The molecule has 0 amide bonds. The molecule has 0 aromatic heterocycles. The first-order valence-electron chi connectivity index (χ1n) is 7.50. The Balaban J connectivity index is 1.98. The van der Waals surface area contributed by atoms with Gasteiger partial charge in [0.05, 0.1) is 6.54 Å². The Morgan fingerprint density at radius 1 is 1.36 bits per heavy atom. The van der Waals surface area contributed by atoms with E-state index in [0.717, 1.165) is 12.8 Å². The van der Waals surface area contributed by atoms with Gasteiger partial charge >= 0.3 is 5.97 Å². The molecule has 1 fully saturated rings. The molecule has 1 aliphatic rings. The highest BCUT2D eigenvalue weighted by Gasteiger charge is 2.28. The molecular weight excluding hydrogens is 290 g/mol. The Morgan fingerprint density at radius 3 is 2.41 bits per heavy atom. The molecule has 1 heterocycles. The lowest BCUT2D eigenvalue weighted by atomic mass is 9.98. The minimum atomic E-state index is -0.841. The fourth-order valence-corrected chi connectivity index (χ4v) is 3.15. The van der Waals surface area contributed by atoms with Crippen molar-refractivity contribution in [3.63, 3.8) is 0 Å². The summed E-state index contributed by atoms with van der Waals surface area (Å²) in [6.07, 6.45) is 1.59. The number of carboxylic acids is 1. The van der Waals surface area contributed by atoms with E-state index in [0.29, 0.717) is 13.1 Å². The van der Waals surface area contributed by atoms with E-state index in [1.54, 1.807) is 7.05 Å². The van der Waals surface area contributed by atoms with E-state index >= 15 is 0 Å². The van der Waals surface area contributed by atoms with Crippen LogP contribution in [0.3, 0.4) is 0 Å². The average Bonchev–Trinajstić information content (AvgIpc) is 2.46. The summed E-state index contributed by atoms with van der Waals surface area (Å²) in [5.41, 5.74) is 0.111. The number of hydrogen-bond acceptors (Lipinski definition) is 3. The Labute approximate surface area is 129 Å². The highest BCUT2D eigenvalue weighted by atomic mass is 19.1. The van der Waals surface area contributed by atoms with Crippen LogP contribution in [-0.2, 0) is 4.79 Å². The third-order valence-electron chi connectivity index (χ3n) is 4.47. The van der Waals surface area contributed by atoms with Gasteiger partial charge in [-0.1, -0.05) is 6.07 Å². The van der Waals surface area contributed by atoms with Gasteiger partial charge in [-0.05, 0) is 38.9 Å². The van der Waals surface area contributed by atoms with Crippen LogP contribution in [-0.4, -0.2) is 53.6 Å². The number of carboxylic acid groups (broad SMARTS) is 1. The Kier molecular flexibility index (Phi) is 5.47. The molecule has 1 aromatic carbocycles. The number of rotatable bonds is 5. The van der Waals surface area contributed by atoms with Crippen molar-refractivity contribution in [3.8, 4) is 0 Å². The number of halogens is 2. The number of likely N-dealkylation sites (N-methyl/N-ethyl adjacent to an activating group) is 1. The monoisotopic (exact) mass is 312 g/mol. The third-order valence-corrected chi connectivity index (χ3v) is 4.47. The molecule has 2 rings (SSSR count). The van der Waals surface area contributed by atoms with Crippen LogP contribution in [0, 0.1) is 11.6 Å². The van der Waals surface area contributed by atoms with Gasteiger partial charge in [-0.3, -0.25) is 14.6 Å². The Morgan fingerprint density at radius 2 is 1.91 bits per heavy atom. The number of likely N-dealkylation sites (tertiary alicyclic amines) is 1. The molecule has 122 valence electrons. The van der Waals surface area contributed by atoms with Crippen LogP contribution in [0.5, 0.6) is 0 Å². The summed E-state index contributed by atoms with van der Waals surface area (Å²) in [5, 5.41) is 8.83. The number of hydrogen-bond donors (Lipinski definition) is 1. The fraction of sp³-hybridized carbons (Fsp3) is 0.562. The highest BCUT2D eigenvalue weighted by Crippen LogP contribution is 2.29. The first kappa shape index (κ1) is 16.8. The normalized spacial score (nSPS) is 18.6. The maximum atomic E-state index is 13.9. The van der Waals surface area contributed by atoms with E-state index in [4.69, 9.17) is 5.11 Å². The minimum Gasteiger partial charge on any atom is -0.480 e. The molecule has 1 aromatic rings. The molecule has 1 saturated heterocycles. The summed E-state index contributed by atoms with van der Waals surface area (Å²) < 4.78 is 27.7. The Bertz CT molecular complexity index is 511. The standard InChI is InChI=1S/C16H22F2N2O2/c1-11(16-13(17)4-3-5-14(16)18)20-8-6-12(7-9-20)19(2)10-15(21)22/h3-5,11-12H,6-10H2,1-2H3,(H,21,22). The zero-order valence-corrected chi connectivity index (χ0v) is 12.9. The van der Waals surface area contributed by atoms with Crippen molar-refractivity contribution in [1.29, 1.82) is 0 Å². The number of benzene rings is 1. The van der Waals surface area contributed by atoms with Gasteiger partial charge in [0.2, 0.25) is 0 Å². The van der Waals surface area contributed by atoms with Gasteiger partial charge in [0.1, 0.15) is 11.6 Å². The summed E-state index contributed by atoms with van der Waals surface area (Å²) in [5.74, 6) is -1.87. The van der Waals surface area contributed by atoms with Crippen molar-refractivity contribution in [2.24, 2.45) is 0 Å². The third kappa shape index (κ3) is 3.81. The second-order valence-corrected chi connectivity index (χ2v) is 5.89. The van der Waals surface area contributed by atoms with Crippen LogP contribution in [0.15, 0.2) is 18.2 Å². The van der Waals surface area contributed by atoms with Crippen LogP contribution in [0.1, 0.15) is 31.4 Å². The van der Waals surface area contributed by atoms with Gasteiger partial charge in [0, 0.05) is 30.7 Å². The molecule has 0 aliphatic carbocycles. The lowest BCUT2D eigenvalue weighted by Gasteiger charge is -2.39. The molecule has 4 nitrogen and oxygen atoms in total. The van der Waals surface area contributed by atoms with Gasteiger partial charge in [-0.2, -0.15) is 0 Å².